The maximum Gasteiger partial charge on any atom is 0.306 e. The van der Waals surface area contributed by atoms with Gasteiger partial charge in [0.15, 0.2) is 6.10 Å². The molecule has 0 saturated heterocycles. The van der Waals surface area contributed by atoms with Gasteiger partial charge in [-0.25, -0.2) is 0 Å². The molecule has 0 rings (SSSR count). The van der Waals surface area contributed by atoms with Crippen molar-refractivity contribution in [3.05, 3.63) is 12.2 Å². The van der Waals surface area contributed by atoms with Gasteiger partial charge in [-0.1, -0.05) is 251 Å². The Morgan fingerprint density at radius 1 is 0.311 bits per heavy atom. The van der Waals surface area contributed by atoms with E-state index in [0.29, 0.717) is 19.3 Å². The number of carbonyl (C=O) groups excluding carboxylic acids is 3. The second kappa shape index (κ2) is 50.8. The highest BCUT2D eigenvalue weighted by Crippen LogP contribution is 2.17. The van der Waals surface area contributed by atoms with Crippen LogP contribution < -0.4 is 0 Å². The average molecular weight is 861 g/mol. The van der Waals surface area contributed by atoms with Crippen molar-refractivity contribution in [3.63, 3.8) is 0 Å². The number of allylic oxidation sites excluding steroid dienone is 2. The van der Waals surface area contributed by atoms with E-state index in [1.54, 1.807) is 0 Å². The predicted molar refractivity (Wildman–Crippen MR) is 261 cm³/mol. The third-order valence-electron chi connectivity index (χ3n) is 12.3. The summed E-state index contributed by atoms with van der Waals surface area (Å²) in [6.45, 7) is 6.66. The van der Waals surface area contributed by atoms with Crippen LogP contribution in [0.15, 0.2) is 12.2 Å². The zero-order valence-electron chi connectivity index (χ0n) is 41.2. The van der Waals surface area contributed by atoms with Crippen molar-refractivity contribution < 1.29 is 28.6 Å². The third kappa shape index (κ3) is 49.0. The van der Waals surface area contributed by atoms with Gasteiger partial charge in [-0.3, -0.25) is 14.4 Å². The van der Waals surface area contributed by atoms with Crippen LogP contribution in [0.25, 0.3) is 0 Å². The fraction of sp³-hybridized carbons (Fsp3) is 0.909. The molecule has 1 unspecified atom stereocenters. The van der Waals surface area contributed by atoms with Crippen molar-refractivity contribution in [2.75, 3.05) is 13.2 Å². The lowest BCUT2D eigenvalue weighted by Gasteiger charge is -2.18. The minimum atomic E-state index is -0.765. The summed E-state index contributed by atoms with van der Waals surface area (Å²) >= 11 is 0. The maximum atomic E-state index is 12.8. The van der Waals surface area contributed by atoms with Crippen LogP contribution in [0.2, 0.25) is 0 Å². The van der Waals surface area contributed by atoms with Crippen molar-refractivity contribution in [1.29, 1.82) is 0 Å². The minimum absolute atomic E-state index is 0.0662. The quantitative estimate of drug-likeness (QED) is 0.0262. The first-order valence-corrected chi connectivity index (χ1v) is 27.2. The highest BCUT2D eigenvalue weighted by atomic mass is 16.6. The Bertz CT molecular complexity index is 947. The molecular formula is C55H104O6. The molecule has 1 atom stereocenters. The van der Waals surface area contributed by atoms with E-state index in [1.807, 2.05) is 0 Å². The van der Waals surface area contributed by atoms with E-state index in [9.17, 15) is 14.4 Å². The number of rotatable bonds is 50. The standard InChI is InChI=1S/C55H104O6/c1-4-7-10-13-16-19-22-24-26-27-29-30-33-36-39-42-45-48-54(57)60-51-52(50-59-53(56)47-44-41-38-35-32-21-18-15-12-9-6-3)61-55(58)49-46-43-40-37-34-31-28-25-23-20-17-14-11-8-5-2/h20,23,52H,4-19,21-22,24-51H2,1-3H3/b23-20-. The molecule has 360 valence electrons. The molecule has 0 aliphatic rings. The smallest absolute Gasteiger partial charge is 0.306 e. The number of esters is 3. The highest BCUT2D eigenvalue weighted by Gasteiger charge is 2.19. The molecule has 0 N–H and O–H groups in total. The average Bonchev–Trinajstić information content (AvgIpc) is 3.26. The van der Waals surface area contributed by atoms with Crippen LogP contribution in [0.3, 0.4) is 0 Å². The molecule has 0 spiro atoms. The van der Waals surface area contributed by atoms with Gasteiger partial charge in [-0.2, -0.15) is 0 Å². The summed E-state index contributed by atoms with van der Waals surface area (Å²) < 4.78 is 16.8. The molecule has 0 aromatic rings. The van der Waals surface area contributed by atoms with E-state index in [0.717, 1.165) is 57.8 Å². The van der Waals surface area contributed by atoms with Gasteiger partial charge in [-0.15, -0.1) is 0 Å². The van der Waals surface area contributed by atoms with E-state index in [1.165, 1.54) is 205 Å². The van der Waals surface area contributed by atoms with Crippen LogP contribution in [-0.4, -0.2) is 37.2 Å². The molecule has 0 aromatic heterocycles. The Morgan fingerprint density at radius 2 is 0.541 bits per heavy atom. The lowest BCUT2D eigenvalue weighted by atomic mass is 10.0. The topological polar surface area (TPSA) is 78.9 Å². The monoisotopic (exact) mass is 861 g/mol. The fourth-order valence-corrected chi connectivity index (χ4v) is 8.14. The largest absolute Gasteiger partial charge is 0.462 e. The fourth-order valence-electron chi connectivity index (χ4n) is 8.14. The molecule has 0 amide bonds. The van der Waals surface area contributed by atoms with Crippen LogP contribution in [0.1, 0.15) is 303 Å². The summed E-state index contributed by atoms with van der Waals surface area (Å²) in [7, 11) is 0. The van der Waals surface area contributed by atoms with Crippen LogP contribution in [0, 0.1) is 0 Å². The van der Waals surface area contributed by atoms with Crippen molar-refractivity contribution in [3.8, 4) is 0 Å². The second-order valence-corrected chi connectivity index (χ2v) is 18.5. The Balaban J connectivity index is 4.29. The molecule has 0 aliphatic heterocycles. The molecule has 0 heterocycles. The lowest BCUT2D eigenvalue weighted by Crippen LogP contribution is -2.30. The first kappa shape index (κ1) is 59.1. The molecule has 0 fully saturated rings. The first-order chi connectivity index (χ1) is 30.0. The van der Waals surface area contributed by atoms with Gasteiger partial charge in [0.25, 0.3) is 0 Å². The summed E-state index contributed by atoms with van der Waals surface area (Å²) in [5.41, 5.74) is 0. The third-order valence-corrected chi connectivity index (χ3v) is 12.3. The zero-order chi connectivity index (χ0) is 44.4. The van der Waals surface area contributed by atoms with Gasteiger partial charge in [0.2, 0.25) is 0 Å². The van der Waals surface area contributed by atoms with Gasteiger partial charge < -0.3 is 14.2 Å². The molecular weight excluding hydrogens is 757 g/mol. The van der Waals surface area contributed by atoms with Gasteiger partial charge in [-0.05, 0) is 44.9 Å². The van der Waals surface area contributed by atoms with E-state index < -0.39 is 6.10 Å². The molecule has 0 saturated carbocycles. The normalized spacial score (nSPS) is 12.0. The van der Waals surface area contributed by atoms with Gasteiger partial charge in [0.1, 0.15) is 13.2 Å². The number of hydrogen-bond donors (Lipinski definition) is 0. The van der Waals surface area contributed by atoms with Crippen LogP contribution in [-0.2, 0) is 28.6 Å². The number of ether oxygens (including phenoxy) is 3. The van der Waals surface area contributed by atoms with E-state index in [4.69, 9.17) is 14.2 Å². The highest BCUT2D eigenvalue weighted by molar-refractivity contribution is 5.71. The summed E-state index contributed by atoms with van der Waals surface area (Å²) in [6.07, 6.45) is 56.2. The Hall–Kier alpha value is -1.85. The van der Waals surface area contributed by atoms with Crippen molar-refractivity contribution in [2.45, 2.75) is 309 Å². The zero-order valence-corrected chi connectivity index (χ0v) is 41.2. The van der Waals surface area contributed by atoms with Gasteiger partial charge in [0, 0.05) is 19.3 Å². The number of unbranched alkanes of at least 4 members (excludes halogenated alkanes) is 37. The Labute approximate surface area is 380 Å². The van der Waals surface area contributed by atoms with Gasteiger partial charge >= 0.3 is 17.9 Å². The Morgan fingerprint density at radius 3 is 0.836 bits per heavy atom. The number of hydrogen-bond acceptors (Lipinski definition) is 6. The summed E-state index contributed by atoms with van der Waals surface area (Å²) in [5.74, 6) is -0.852. The molecule has 6 heteroatoms. The van der Waals surface area contributed by atoms with Crippen molar-refractivity contribution in [2.24, 2.45) is 0 Å². The lowest BCUT2D eigenvalue weighted by molar-refractivity contribution is -0.167. The van der Waals surface area contributed by atoms with Gasteiger partial charge in [0.05, 0.1) is 0 Å². The maximum absolute atomic E-state index is 12.8. The predicted octanol–water partition coefficient (Wildman–Crippen LogP) is 17.8. The summed E-state index contributed by atoms with van der Waals surface area (Å²) in [5, 5.41) is 0. The van der Waals surface area contributed by atoms with Crippen LogP contribution >= 0.6 is 0 Å². The first-order valence-electron chi connectivity index (χ1n) is 27.2. The van der Waals surface area contributed by atoms with Crippen LogP contribution in [0.5, 0.6) is 0 Å². The molecule has 0 bridgehead atoms. The molecule has 0 aliphatic carbocycles. The minimum Gasteiger partial charge on any atom is -0.462 e. The Kier molecular flexibility index (Phi) is 49.3. The molecule has 0 aromatic carbocycles. The summed E-state index contributed by atoms with van der Waals surface area (Å²) in [6, 6.07) is 0. The molecule has 6 nitrogen and oxygen atoms in total. The number of carbonyl (C=O) groups is 3. The van der Waals surface area contributed by atoms with Crippen molar-refractivity contribution >= 4 is 17.9 Å². The molecule has 61 heavy (non-hydrogen) atoms. The van der Waals surface area contributed by atoms with E-state index >= 15 is 0 Å². The van der Waals surface area contributed by atoms with E-state index in [-0.39, 0.29) is 31.1 Å². The SMILES string of the molecule is CCCCCC/C=C\CCCCCCCCCC(=O)OC(COC(=O)CCCCCCCCCCCCC)COC(=O)CCCCCCCCCCCCCCCCCCC. The second-order valence-electron chi connectivity index (χ2n) is 18.5. The molecule has 0 radical (unpaired) electrons. The van der Waals surface area contributed by atoms with Crippen molar-refractivity contribution in [1.82, 2.24) is 0 Å². The van der Waals surface area contributed by atoms with Crippen LogP contribution in [0.4, 0.5) is 0 Å². The van der Waals surface area contributed by atoms with E-state index in [2.05, 4.69) is 32.9 Å². The summed E-state index contributed by atoms with van der Waals surface area (Å²) in [4.78, 5) is 38.0.